The number of rotatable bonds is 7. The molecular weight excluding hydrogens is 406 g/mol. The van der Waals surface area contributed by atoms with E-state index in [2.05, 4.69) is 50.3 Å². The molecule has 0 bridgehead atoms. The molecule has 3 rings (SSSR count). The van der Waals surface area contributed by atoms with Gasteiger partial charge in [0.1, 0.15) is 0 Å². The van der Waals surface area contributed by atoms with Gasteiger partial charge in [-0.25, -0.2) is 0 Å². The zero-order valence-electron chi connectivity index (χ0n) is 16.7. The molecule has 2 aromatic rings. The van der Waals surface area contributed by atoms with Gasteiger partial charge in [-0.1, -0.05) is 11.6 Å². The minimum atomic E-state index is -0.115. The summed E-state index contributed by atoms with van der Waals surface area (Å²) in [5.74, 6) is 0.693. The van der Waals surface area contributed by atoms with Crippen molar-refractivity contribution in [3.8, 4) is 0 Å². The number of thiophene rings is 1. The van der Waals surface area contributed by atoms with E-state index < -0.39 is 0 Å². The van der Waals surface area contributed by atoms with Crippen LogP contribution in [0.4, 0.5) is 5.00 Å². The number of carbonyl (C=O) groups is 1. The van der Waals surface area contributed by atoms with Crippen molar-refractivity contribution in [1.29, 1.82) is 0 Å². The van der Waals surface area contributed by atoms with Gasteiger partial charge in [0.15, 0.2) is 5.96 Å². The standard InChI is InChI=1S/C21H28ClN5OS/c1-2-23-21(25-12-11-24-20(28)16-5-7-17(22)8-6-16)26-18-9-13-27(14-10-18)19-4-3-15-29-19/h3-8,15,18H,2,9-14H2,1H3,(H,24,28)(H2,23,25,26). The molecular formula is C21H28ClN5OS. The lowest BCUT2D eigenvalue weighted by Gasteiger charge is -2.33. The summed E-state index contributed by atoms with van der Waals surface area (Å²) in [6, 6.07) is 11.6. The van der Waals surface area contributed by atoms with Crippen molar-refractivity contribution in [2.24, 2.45) is 4.99 Å². The molecule has 0 aliphatic carbocycles. The first-order valence-corrected chi connectivity index (χ1v) is 11.3. The molecule has 8 heteroatoms. The first kappa shape index (κ1) is 21.5. The van der Waals surface area contributed by atoms with Gasteiger partial charge in [0, 0.05) is 42.8 Å². The minimum Gasteiger partial charge on any atom is -0.363 e. The Morgan fingerprint density at radius 2 is 1.97 bits per heavy atom. The summed E-state index contributed by atoms with van der Waals surface area (Å²) >= 11 is 7.65. The highest BCUT2D eigenvalue weighted by Crippen LogP contribution is 2.24. The second-order valence-electron chi connectivity index (χ2n) is 6.88. The van der Waals surface area contributed by atoms with Crippen molar-refractivity contribution < 1.29 is 4.79 Å². The molecule has 1 fully saturated rings. The highest BCUT2D eigenvalue weighted by atomic mass is 35.5. The summed E-state index contributed by atoms with van der Waals surface area (Å²) < 4.78 is 0. The van der Waals surface area contributed by atoms with Gasteiger partial charge >= 0.3 is 0 Å². The fourth-order valence-corrected chi connectivity index (χ4v) is 4.16. The second-order valence-corrected chi connectivity index (χ2v) is 8.24. The molecule has 6 nitrogen and oxygen atoms in total. The Hall–Kier alpha value is -2.25. The average molecular weight is 434 g/mol. The zero-order chi connectivity index (χ0) is 20.5. The highest BCUT2D eigenvalue weighted by Gasteiger charge is 2.20. The number of amides is 1. The van der Waals surface area contributed by atoms with Crippen LogP contribution in [0.3, 0.4) is 0 Å². The lowest BCUT2D eigenvalue weighted by Crippen LogP contribution is -2.48. The maximum absolute atomic E-state index is 12.1. The predicted molar refractivity (Wildman–Crippen MR) is 122 cm³/mol. The Morgan fingerprint density at radius 3 is 2.62 bits per heavy atom. The fourth-order valence-electron chi connectivity index (χ4n) is 3.25. The molecule has 0 spiro atoms. The van der Waals surface area contributed by atoms with E-state index >= 15 is 0 Å². The zero-order valence-corrected chi connectivity index (χ0v) is 18.2. The van der Waals surface area contributed by atoms with Crippen molar-refractivity contribution in [2.45, 2.75) is 25.8 Å². The SMILES string of the molecule is CCNC(=NCCNC(=O)c1ccc(Cl)cc1)NC1CCN(c2cccs2)CC1. The minimum absolute atomic E-state index is 0.115. The quantitative estimate of drug-likeness (QED) is 0.356. The van der Waals surface area contributed by atoms with Gasteiger partial charge in [-0.2, -0.15) is 0 Å². The van der Waals surface area contributed by atoms with Crippen molar-refractivity contribution in [3.05, 3.63) is 52.4 Å². The van der Waals surface area contributed by atoms with Gasteiger partial charge in [0.05, 0.1) is 11.5 Å². The second kappa shape index (κ2) is 11.1. The van der Waals surface area contributed by atoms with E-state index in [1.54, 1.807) is 35.6 Å². The number of nitrogens with one attached hydrogen (secondary N) is 3. The van der Waals surface area contributed by atoms with Gasteiger partial charge in [-0.05, 0) is 61.5 Å². The van der Waals surface area contributed by atoms with E-state index in [0.29, 0.717) is 29.7 Å². The Kier molecular flexibility index (Phi) is 8.19. The van der Waals surface area contributed by atoms with Gasteiger partial charge in [0.25, 0.3) is 5.91 Å². The summed E-state index contributed by atoms with van der Waals surface area (Å²) in [4.78, 5) is 19.2. The molecule has 1 amide bonds. The molecule has 0 atom stereocenters. The molecule has 3 N–H and O–H groups in total. The third-order valence-corrected chi connectivity index (χ3v) is 5.95. The summed E-state index contributed by atoms with van der Waals surface area (Å²) in [6.45, 7) is 5.96. The molecule has 29 heavy (non-hydrogen) atoms. The van der Waals surface area contributed by atoms with E-state index in [-0.39, 0.29) is 5.91 Å². The average Bonchev–Trinajstić information content (AvgIpc) is 3.27. The Labute approximate surface area is 181 Å². The molecule has 0 unspecified atom stereocenters. The van der Waals surface area contributed by atoms with Crippen molar-refractivity contribution in [2.75, 3.05) is 37.6 Å². The Bertz CT molecular complexity index is 786. The highest BCUT2D eigenvalue weighted by molar-refractivity contribution is 7.14. The first-order chi connectivity index (χ1) is 14.2. The molecule has 1 aromatic heterocycles. The number of anilines is 1. The number of carbonyl (C=O) groups excluding carboxylic acids is 1. The lowest BCUT2D eigenvalue weighted by molar-refractivity contribution is 0.0955. The number of guanidine groups is 1. The Morgan fingerprint density at radius 1 is 1.21 bits per heavy atom. The third kappa shape index (κ3) is 6.65. The van der Waals surface area contributed by atoms with Gasteiger partial charge in [-0.3, -0.25) is 9.79 Å². The van der Waals surface area contributed by atoms with Crippen LogP contribution in [0.15, 0.2) is 46.8 Å². The van der Waals surface area contributed by atoms with E-state index in [4.69, 9.17) is 11.6 Å². The molecule has 1 aliphatic rings. The number of halogens is 1. The van der Waals surface area contributed by atoms with Crippen LogP contribution in [0.1, 0.15) is 30.1 Å². The van der Waals surface area contributed by atoms with Gasteiger partial charge in [-0.15, -0.1) is 11.3 Å². The largest absolute Gasteiger partial charge is 0.363 e. The molecule has 2 heterocycles. The summed E-state index contributed by atoms with van der Waals surface area (Å²) in [7, 11) is 0. The van der Waals surface area contributed by atoms with Crippen LogP contribution in [0.25, 0.3) is 0 Å². The summed E-state index contributed by atoms with van der Waals surface area (Å²) in [5.41, 5.74) is 0.598. The lowest BCUT2D eigenvalue weighted by atomic mass is 10.1. The molecule has 1 aliphatic heterocycles. The molecule has 0 radical (unpaired) electrons. The maximum atomic E-state index is 12.1. The molecule has 1 aromatic carbocycles. The maximum Gasteiger partial charge on any atom is 0.251 e. The van der Waals surface area contributed by atoms with E-state index in [1.165, 1.54) is 5.00 Å². The van der Waals surface area contributed by atoms with Crippen LogP contribution in [-0.2, 0) is 0 Å². The molecule has 0 saturated carbocycles. The molecule has 1 saturated heterocycles. The fraction of sp³-hybridized carbons (Fsp3) is 0.429. The van der Waals surface area contributed by atoms with Crippen LogP contribution >= 0.6 is 22.9 Å². The van der Waals surface area contributed by atoms with Crippen molar-refractivity contribution >= 4 is 39.8 Å². The number of nitrogens with zero attached hydrogens (tertiary/aromatic N) is 2. The monoisotopic (exact) mass is 433 g/mol. The Balaban J connectivity index is 1.42. The number of benzene rings is 1. The molecule has 156 valence electrons. The third-order valence-electron chi connectivity index (χ3n) is 4.77. The number of hydrogen-bond acceptors (Lipinski definition) is 4. The van der Waals surface area contributed by atoms with Crippen LogP contribution in [0, 0.1) is 0 Å². The number of piperidine rings is 1. The van der Waals surface area contributed by atoms with Crippen molar-refractivity contribution in [1.82, 2.24) is 16.0 Å². The predicted octanol–water partition coefficient (Wildman–Crippen LogP) is 3.36. The van der Waals surface area contributed by atoms with E-state index in [9.17, 15) is 4.79 Å². The summed E-state index contributed by atoms with van der Waals surface area (Å²) in [6.07, 6.45) is 2.16. The van der Waals surface area contributed by atoms with Crippen LogP contribution in [0.5, 0.6) is 0 Å². The van der Waals surface area contributed by atoms with Gasteiger partial charge in [0.2, 0.25) is 0 Å². The number of hydrogen-bond donors (Lipinski definition) is 3. The van der Waals surface area contributed by atoms with Crippen molar-refractivity contribution in [3.63, 3.8) is 0 Å². The summed E-state index contributed by atoms with van der Waals surface area (Å²) in [5, 5.41) is 13.8. The van der Waals surface area contributed by atoms with Crippen LogP contribution in [-0.4, -0.2) is 50.6 Å². The first-order valence-electron chi connectivity index (χ1n) is 10.0. The van der Waals surface area contributed by atoms with E-state index in [0.717, 1.165) is 38.4 Å². The van der Waals surface area contributed by atoms with Gasteiger partial charge < -0.3 is 20.9 Å². The topological polar surface area (TPSA) is 68.8 Å². The normalized spacial score (nSPS) is 15.2. The number of aliphatic imine (C=N–C) groups is 1. The van der Waals surface area contributed by atoms with Crippen LogP contribution in [0.2, 0.25) is 5.02 Å². The van der Waals surface area contributed by atoms with E-state index in [1.807, 2.05) is 0 Å². The van der Waals surface area contributed by atoms with Crippen LogP contribution < -0.4 is 20.9 Å². The smallest absolute Gasteiger partial charge is 0.251 e.